The first-order chi connectivity index (χ1) is 12.8. The van der Waals surface area contributed by atoms with Gasteiger partial charge >= 0.3 is 0 Å². The van der Waals surface area contributed by atoms with Crippen molar-refractivity contribution in [2.45, 2.75) is 18.0 Å². The van der Waals surface area contributed by atoms with Crippen LogP contribution in [0.4, 0.5) is 0 Å². The van der Waals surface area contributed by atoms with E-state index in [0.29, 0.717) is 17.5 Å². The molecule has 0 atom stereocenters. The second kappa shape index (κ2) is 7.57. The highest BCUT2D eigenvalue weighted by Crippen LogP contribution is 2.23. The van der Waals surface area contributed by atoms with E-state index in [4.69, 9.17) is 8.94 Å². The van der Waals surface area contributed by atoms with E-state index in [1.165, 1.54) is 0 Å². The second-order valence-electron chi connectivity index (χ2n) is 5.67. The predicted molar refractivity (Wildman–Crippen MR) is 97.5 cm³/mol. The number of aromatic nitrogens is 5. The Morgan fingerprint density at radius 2 is 1.96 bits per heavy atom. The van der Waals surface area contributed by atoms with E-state index in [2.05, 4.69) is 20.3 Å². The van der Waals surface area contributed by atoms with Crippen LogP contribution in [0.3, 0.4) is 0 Å². The maximum absolute atomic E-state index is 5.38. The van der Waals surface area contributed by atoms with Crippen molar-refractivity contribution in [3.63, 3.8) is 0 Å². The molecule has 0 saturated heterocycles. The number of nitrogens with zero attached hydrogens (tertiary/aromatic N) is 5. The van der Waals surface area contributed by atoms with Crippen LogP contribution >= 0.6 is 11.8 Å². The average Bonchev–Trinajstić information content (AvgIpc) is 3.41. The molecule has 4 aromatic rings. The van der Waals surface area contributed by atoms with E-state index < -0.39 is 0 Å². The van der Waals surface area contributed by atoms with Crippen molar-refractivity contribution in [2.75, 3.05) is 5.75 Å². The zero-order chi connectivity index (χ0) is 17.8. The lowest BCUT2D eigenvalue weighted by Gasteiger charge is -2.01. The molecule has 26 heavy (non-hydrogen) atoms. The summed E-state index contributed by atoms with van der Waals surface area (Å²) in [6, 6.07) is 13.5. The largest absolute Gasteiger partial charge is 0.461 e. The van der Waals surface area contributed by atoms with Gasteiger partial charge in [0.1, 0.15) is 0 Å². The van der Waals surface area contributed by atoms with Gasteiger partial charge in [0.15, 0.2) is 16.7 Å². The van der Waals surface area contributed by atoms with Gasteiger partial charge < -0.3 is 13.5 Å². The van der Waals surface area contributed by atoms with Crippen molar-refractivity contribution in [3.05, 3.63) is 54.6 Å². The van der Waals surface area contributed by atoms with Crippen LogP contribution in [0.5, 0.6) is 0 Å². The molecule has 0 aliphatic carbocycles. The summed E-state index contributed by atoms with van der Waals surface area (Å²) < 4.78 is 12.6. The molecule has 0 radical (unpaired) electrons. The van der Waals surface area contributed by atoms with Crippen molar-refractivity contribution >= 4 is 11.8 Å². The topological polar surface area (TPSA) is 82.8 Å². The van der Waals surface area contributed by atoms with Crippen LogP contribution in [0.15, 0.2) is 62.8 Å². The highest BCUT2D eigenvalue weighted by molar-refractivity contribution is 7.99. The summed E-state index contributed by atoms with van der Waals surface area (Å²) in [7, 11) is 1.93. The van der Waals surface area contributed by atoms with Gasteiger partial charge in [0.2, 0.25) is 11.7 Å². The summed E-state index contributed by atoms with van der Waals surface area (Å²) in [4.78, 5) is 4.45. The maximum atomic E-state index is 5.38. The first-order valence-electron chi connectivity index (χ1n) is 8.25. The number of furan rings is 1. The Morgan fingerprint density at radius 3 is 2.77 bits per heavy atom. The molecule has 3 aromatic heterocycles. The summed E-state index contributed by atoms with van der Waals surface area (Å²) in [5, 5.41) is 13.3. The van der Waals surface area contributed by atoms with Crippen LogP contribution in [0.1, 0.15) is 12.3 Å². The Hall–Kier alpha value is -2.87. The highest BCUT2D eigenvalue weighted by Gasteiger charge is 2.13. The average molecular weight is 367 g/mol. The van der Waals surface area contributed by atoms with E-state index >= 15 is 0 Å². The van der Waals surface area contributed by atoms with Gasteiger partial charge in [-0.05, 0) is 18.6 Å². The minimum absolute atomic E-state index is 0.629. The molecule has 3 heterocycles. The van der Waals surface area contributed by atoms with E-state index in [1.807, 2.05) is 54.1 Å². The van der Waals surface area contributed by atoms with Crippen LogP contribution < -0.4 is 0 Å². The van der Waals surface area contributed by atoms with Crippen molar-refractivity contribution < 1.29 is 8.94 Å². The molecular formula is C18H17N5O2S. The van der Waals surface area contributed by atoms with Crippen LogP contribution in [0.25, 0.3) is 23.0 Å². The molecular weight excluding hydrogens is 350 g/mol. The second-order valence-corrected chi connectivity index (χ2v) is 6.73. The van der Waals surface area contributed by atoms with Gasteiger partial charge in [0.25, 0.3) is 0 Å². The maximum Gasteiger partial charge on any atom is 0.226 e. The van der Waals surface area contributed by atoms with Crippen molar-refractivity contribution in [2.24, 2.45) is 7.05 Å². The molecule has 0 N–H and O–H groups in total. The van der Waals surface area contributed by atoms with Gasteiger partial charge in [-0.25, -0.2) is 0 Å². The monoisotopic (exact) mass is 367 g/mol. The number of hydrogen-bond donors (Lipinski definition) is 0. The zero-order valence-corrected chi connectivity index (χ0v) is 15.0. The Kier molecular flexibility index (Phi) is 4.83. The Balaban J connectivity index is 1.30. The molecule has 7 nitrogen and oxygen atoms in total. The summed E-state index contributed by atoms with van der Waals surface area (Å²) in [6.45, 7) is 0. The molecule has 4 rings (SSSR count). The minimum atomic E-state index is 0.629. The van der Waals surface area contributed by atoms with Crippen LogP contribution in [-0.4, -0.2) is 30.7 Å². The van der Waals surface area contributed by atoms with Gasteiger partial charge in [0.05, 0.1) is 6.26 Å². The van der Waals surface area contributed by atoms with Crippen LogP contribution in [-0.2, 0) is 13.5 Å². The number of thioether (sulfide) groups is 1. The fourth-order valence-electron chi connectivity index (χ4n) is 2.51. The third kappa shape index (κ3) is 3.55. The number of aryl methyl sites for hydroxylation is 1. The SMILES string of the molecule is Cn1c(SCCCc2nc(-c3ccccc3)no2)nnc1-c1ccco1. The van der Waals surface area contributed by atoms with Gasteiger partial charge in [-0.3, -0.25) is 0 Å². The molecule has 0 spiro atoms. The molecule has 1 aromatic carbocycles. The Morgan fingerprint density at radius 1 is 1.08 bits per heavy atom. The fraction of sp³-hybridized carbons (Fsp3) is 0.222. The molecule has 0 aliphatic rings. The minimum Gasteiger partial charge on any atom is -0.461 e. The summed E-state index contributed by atoms with van der Waals surface area (Å²) in [6.07, 6.45) is 3.27. The third-order valence-electron chi connectivity index (χ3n) is 3.84. The first kappa shape index (κ1) is 16.6. The van der Waals surface area contributed by atoms with Crippen molar-refractivity contribution in [1.29, 1.82) is 0 Å². The lowest BCUT2D eigenvalue weighted by Crippen LogP contribution is -1.95. The summed E-state index contributed by atoms with van der Waals surface area (Å²) in [5.41, 5.74) is 0.960. The number of hydrogen-bond acceptors (Lipinski definition) is 7. The molecule has 0 saturated carbocycles. The lowest BCUT2D eigenvalue weighted by molar-refractivity contribution is 0.378. The molecule has 0 aliphatic heterocycles. The van der Waals surface area contributed by atoms with E-state index in [9.17, 15) is 0 Å². The van der Waals surface area contributed by atoms with Gasteiger partial charge in [-0.2, -0.15) is 4.98 Å². The molecule has 0 amide bonds. The standard InChI is InChI=1S/C18H17N5O2S/c1-23-17(14-9-5-11-24-14)20-21-18(23)26-12-6-10-15-19-16(22-25-15)13-7-3-2-4-8-13/h2-5,7-9,11H,6,10,12H2,1H3. The van der Waals surface area contributed by atoms with Crippen molar-refractivity contribution in [3.8, 4) is 23.0 Å². The molecule has 0 fully saturated rings. The van der Waals surface area contributed by atoms with Gasteiger partial charge in [0, 0.05) is 24.8 Å². The lowest BCUT2D eigenvalue weighted by atomic mass is 10.2. The summed E-state index contributed by atoms with van der Waals surface area (Å²) in [5.74, 6) is 3.60. The molecule has 0 bridgehead atoms. The number of benzene rings is 1. The quantitative estimate of drug-likeness (QED) is 0.362. The first-order valence-corrected chi connectivity index (χ1v) is 9.24. The normalized spacial score (nSPS) is 11.1. The Bertz CT molecular complexity index is 963. The van der Waals surface area contributed by atoms with E-state index in [-0.39, 0.29) is 0 Å². The molecule has 8 heteroatoms. The third-order valence-corrected chi connectivity index (χ3v) is 4.95. The Labute approximate surface area is 154 Å². The smallest absolute Gasteiger partial charge is 0.226 e. The van der Waals surface area contributed by atoms with E-state index in [0.717, 1.165) is 35.1 Å². The number of rotatable bonds is 7. The van der Waals surface area contributed by atoms with E-state index in [1.54, 1.807) is 18.0 Å². The predicted octanol–water partition coefficient (Wildman–Crippen LogP) is 3.85. The highest BCUT2D eigenvalue weighted by atomic mass is 32.2. The van der Waals surface area contributed by atoms with Crippen molar-refractivity contribution in [1.82, 2.24) is 24.9 Å². The fourth-order valence-corrected chi connectivity index (χ4v) is 3.36. The van der Waals surface area contributed by atoms with Crippen LogP contribution in [0, 0.1) is 0 Å². The van der Waals surface area contributed by atoms with Gasteiger partial charge in [-0.15, -0.1) is 10.2 Å². The zero-order valence-electron chi connectivity index (χ0n) is 14.2. The summed E-state index contributed by atoms with van der Waals surface area (Å²) >= 11 is 1.65. The molecule has 0 unspecified atom stereocenters. The van der Waals surface area contributed by atoms with Crippen LogP contribution in [0.2, 0.25) is 0 Å². The molecule has 132 valence electrons. The van der Waals surface area contributed by atoms with Gasteiger partial charge in [-0.1, -0.05) is 47.3 Å².